The molecule has 0 radical (unpaired) electrons. The van der Waals surface area contributed by atoms with Crippen molar-refractivity contribution in [2.45, 2.75) is 0 Å². The molecule has 0 atom stereocenters. The summed E-state index contributed by atoms with van der Waals surface area (Å²) >= 11 is 0. The lowest BCUT2D eigenvalue weighted by molar-refractivity contribution is 0.669. The Morgan fingerprint density at radius 2 is 0.935 bits per heavy atom. The molecule has 46 heavy (non-hydrogen) atoms. The fourth-order valence-corrected chi connectivity index (χ4v) is 6.77. The van der Waals surface area contributed by atoms with Gasteiger partial charge < -0.3 is 8.83 Å². The zero-order chi connectivity index (χ0) is 30.2. The van der Waals surface area contributed by atoms with Crippen molar-refractivity contribution in [2.24, 2.45) is 0 Å². The molecule has 4 heteroatoms. The Hall–Kier alpha value is -6.26. The zero-order valence-corrected chi connectivity index (χ0v) is 24.6. The van der Waals surface area contributed by atoms with Gasteiger partial charge in [0.15, 0.2) is 0 Å². The van der Waals surface area contributed by atoms with E-state index in [0.717, 1.165) is 99.3 Å². The first-order chi connectivity index (χ1) is 22.8. The van der Waals surface area contributed by atoms with E-state index in [9.17, 15) is 0 Å². The van der Waals surface area contributed by atoms with E-state index in [0.29, 0.717) is 0 Å². The zero-order valence-electron chi connectivity index (χ0n) is 24.6. The maximum atomic E-state index is 6.33. The lowest BCUT2D eigenvalue weighted by Crippen LogP contribution is -1.91. The monoisotopic (exact) mass is 588 g/mol. The summed E-state index contributed by atoms with van der Waals surface area (Å²) in [6.45, 7) is 0. The second kappa shape index (κ2) is 9.62. The van der Waals surface area contributed by atoms with Gasteiger partial charge in [0, 0.05) is 43.4 Å². The first-order valence-corrected chi connectivity index (χ1v) is 15.4. The summed E-state index contributed by atoms with van der Waals surface area (Å²) in [5, 5.41) is 6.57. The van der Waals surface area contributed by atoms with E-state index >= 15 is 0 Å². The number of hydrogen-bond acceptors (Lipinski definition) is 4. The van der Waals surface area contributed by atoms with Crippen molar-refractivity contribution in [3.05, 3.63) is 146 Å². The second-order valence-electron chi connectivity index (χ2n) is 11.8. The van der Waals surface area contributed by atoms with Crippen LogP contribution in [0.3, 0.4) is 0 Å². The molecule has 0 aliphatic heterocycles. The number of furan rings is 2. The van der Waals surface area contributed by atoms with Crippen LogP contribution in [0.5, 0.6) is 0 Å². The Morgan fingerprint density at radius 3 is 1.72 bits per heavy atom. The summed E-state index contributed by atoms with van der Waals surface area (Å²) in [4.78, 5) is 10.4. The highest BCUT2D eigenvalue weighted by Crippen LogP contribution is 2.37. The predicted molar refractivity (Wildman–Crippen MR) is 188 cm³/mol. The third kappa shape index (κ3) is 3.80. The van der Waals surface area contributed by atoms with E-state index in [4.69, 9.17) is 18.8 Å². The van der Waals surface area contributed by atoms with Gasteiger partial charge in [-0.15, -0.1) is 0 Å². The highest BCUT2D eigenvalue weighted by atomic mass is 16.3. The number of benzene rings is 6. The molecule has 214 valence electrons. The van der Waals surface area contributed by atoms with E-state index in [2.05, 4.69) is 115 Å². The minimum atomic E-state index is 0.852. The molecule has 4 nitrogen and oxygen atoms in total. The molecule has 4 aromatic heterocycles. The van der Waals surface area contributed by atoms with Crippen LogP contribution < -0.4 is 0 Å². The molecule has 0 saturated carbocycles. The maximum absolute atomic E-state index is 6.33. The Kier molecular flexibility index (Phi) is 5.25. The molecule has 6 aromatic carbocycles. The Morgan fingerprint density at radius 1 is 0.370 bits per heavy atom. The Balaban J connectivity index is 1.06. The first-order valence-electron chi connectivity index (χ1n) is 15.4. The number of hydrogen-bond donors (Lipinski definition) is 0. The van der Waals surface area contributed by atoms with Crippen LogP contribution in [-0.4, -0.2) is 9.97 Å². The number of nitrogens with zero attached hydrogens (tertiary/aromatic N) is 2. The molecule has 0 N–H and O–H groups in total. The number of pyridine rings is 2. The SMILES string of the molecule is c1ccc2c(c1)oc1ccc(-c3ccc(-c4ccc5ccc6ccc(-c7cccc8c7oc7ccccc78)nc6c5n4)cc3)cc12. The molecule has 0 saturated heterocycles. The molecule has 0 spiro atoms. The number of rotatable bonds is 3. The highest BCUT2D eigenvalue weighted by Gasteiger charge is 2.15. The van der Waals surface area contributed by atoms with Crippen molar-refractivity contribution in [2.75, 3.05) is 0 Å². The van der Waals surface area contributed by atoms with Gasteiger partial charge in [0.25, 0.3) is 0 Å². The summed E-state index contributed by atoms with van der Waals surface area (Å²) in [5.74, 6) is 0. The maximum Gasteiger partial charge on any atom is 0.144 e. The minimum absolute atomic E-state index is 0.852. The molecule has 0 fully saturated rings. The van der Waals surface area contributed by atoms with Crippen LogP contribution in [0.2, 0.25) is 0 Å². The van der Waals surface area contributed by atoms with Crippen LogP contribution in [0.25, 0.3) is 99.3 Å². The average molecular weight is 589 g/mol. The molecule has 4 heterocycles. The molecular formula is C42H24N2O2. The molecule has 0 amide bonds. The van der Waals surface area contributed by atoms with Crippen molar-refractivity contribution < 1.29 is 8.83 Å². The third-order valence-electron chi connectivity index (χ3n) is 9.09. The van der Waals surface area contributed by atoms with Gasteiger partial charge in [-0.1, -0.05) is 103 Å². The van der Waals surface area contributed by atoms with Crippen LogP contribution >= 0.6 is 0 Å². The van der Waals surface area contributed by atoms with E-state index in [1.807, 2.05) is 30.3 Å². The van der Waals surface area contributed by atoms with Gasteiger partial charge in [-0.2, -0.15) is 0 Å². The van der Waals surface area contributed by atoms with Crippen LogP contribution in [0.15, 0.2) is 154 Å². The largest absolute Gasteiger partial charge is 0.456 e. The normalized spacial score (nSPS) is 11.9. The smallest absolute Gasteiger partial charge is 0.144 e. The van der Waals surface area contributed by atoms with E-state index in [1.165, 1.54) is 0 Å². The highest BCUT2D eigenvalue weighted by molar-refractivity contribution is 6.10. The molecule has 10 aromatic rings. The van der Waals surface area contributed by atoms with Gasteiger partial charge in [-0.05, 0) is 53.6 Å². The quantitative estimate of drug-likeness (QED) is 0.193. The fourth-order valence-electron chi connectivity index (χ4n) is 6.77. The lowest BCUT2D eigenvalue weighted by atomic mass is 10.00. The van der Waals surface area contributed by atoms with Gasteiger partial charge in [0.1, 0.15) is 22.3 Å². The van der Waals surface area contributed by atoms with Crippen LogP contribution in [0, 0.1) is 0 Å². The molecular weight excluding hydrogens is 564 g/mol. The van der Waals surface area contributed by atoms with Gasteiger partial charge in [-0.3, -0.25) is 0 Å². The van der Waals surface area contributed by atoms with Gasteiger partial charge in [-0.25, -0.2) is 9.97 Å². The molecule has 0 aliphatic rings. The van der Waals surface area contributed by atoms with Crippen LogP contribution in [0.4, 0.5) is 0 Å². The number of para-hydroxylation sites is 3. The summed E-state index contributed by atoms with van der Waals surface area (Å²) in [6, 6.07) is 50.3. The van der Waals surface area contributed by atoms with Crippen molar-refractivity contribution in [1.29, 1.82) is 0 Å². The molecule has 10 rings (SSSR count). The van der Waals surface area contributed by atoms with Gasteiger partial charge in [0.2, 0.25) is 0 Å². The summed E-state index contributed by atoms with van der Waals surface area (Å²) in [6.07, 6.45) is 0. The number of aromatic nitrogens is 2. The van der Waals surface area contributed by atoms with E-state index in [1.54, 1.807) is 0 Å². The van der Waals surface area contributed by atoms with Crippen molar-refractivity contribution >= 4 is 65.7 Å². The summed E-state index contributed by atoms with van der Waals surface area (Å²) < 4.78 is 12.4. The Labute approximate surface area is 263 Å². The van der Waals surface area contributed by atoms with Crippen molar-refractivity contribution in [3.8, 4) is 33.6 Å². The van der Waals surface area contributed by atoms with Crippen LogP contribution in [0.1, 0.15) is 0 Å². The topological polar surface area (TPSA) is 52.1 Å². The third-order valence-corrected chi connectivity index (χ3v) is 9.09. The standard InChI is InChI=1S/C42H24N2O2/c1-4-11-38-30(6-1)32-8-5-9-33(42(32)46-38)36-22-19-28-17-16-27-18-21-35(43-40(27)41(28)44-36)26-14-12-25(13-15-26)29-20-23-39-34(24-29)31-7-2-3-10-37(31)45-39/h1-24H. The predicted octanol–water partition coefficient (Wildman–Crippen LogP) is 11.6. The second-order valence-corrected chi connectivity index (χ2v) is 11.8. The van der Waals surface area contributed by atoms with Gasteiger partial charge in [0.05, 0.1) is 22.4 Å². The molecule has 0 bridgehead atoms. The van der Waals surface area contributed by atoms with Gasteiger partial charge >= 0.3 is 0 Å². The summed E-state index contributed by atoms with van der Waals surface area (Å²) in [5.41, 5.74) is 11.4. The fraction of sp³-hybridized carbons (Fsp3) is 0. The average Bonchev–Trinajstić information content (AvgIpc) is 3.69. The Bertz CT molecular complexity index is 2810. The van der Waals surface area contributed by atoms with E-state index < -0.39 is 0 Å². The van der Waals surface area contributed by atoms with Crippen molar-refractivity contribution in [3.63, 3.8) is 0 Å². The van der Waals surface area contributed by atoms with E-state index in [-0.39, 0.29) is 0 Å². The van der Waals surface area contributed by atoms with Crippen molar-refractivity contribution in [1.82, 2.24) is 9.97 Å². The van der Waals surface area contributed by atoms with Crippen LogP contribution in [-0.2, 0) is 0 Å². The molecule has 0 unspecified atom stereocenters. The first kappa shape index (κ1) is 25.1. The minimum Gasteiger partial charge on any atom is -0.456 e. The lowest BCUT2D eigenvalue weighted by Gasteiger charge is -2.09. The number of fused-ring (bicyclic) bond motifs is 9. The summed E-state index contributed by atoms with van der Waals surface area (Å²) in [7, 11) is 0. The molecule has 0 aliphatic carbocycles.